The van der Waals surface area contributed by atoms with E-state index in [-0.39, 0.29) is 12.1 Å². The highest BCUT2D eigenvalue weighted by atomic mass is 32.1. The van der Waals surface area contributed by atoms with Gasteiger partial charge in [-0.15, -0.1) is 5.10 Å². The molecule has 0 amide bonds. The van der Waals surface area contributed by atoms with Crippen LogP contribution in [0.15, 0.2) is 54.6 Å². The lowest BCUT2D eigenvalue weighted by Gasteiger charge is -2.23. The van der Waals surface area contributed by atoms with E-state index in [9.17, 15) is 5.11 Å². The first-order chi connectivity index (χ1) is 12.9. The van der Waals surface area contributed by atoms with E-state index < -0.39 is 6.10 Å². The summed E-state index contributed by atoms with van der Waals surface area (Å²) in [7, 11) is 0. The third kappa shape index (κ3) is 5.60. The van der Waals surface area contributed by atoms with Gasteiger partial charge in [0.25, 0.3) is 0 Å². The highest BCUT2D eigenvalue weighted by Crippen LogP contribution is 2.33. The molecular weight excluding hydrogens is 358 g/mol. The molecule has 0 bridgehead atoms. The van der Waals surface area contributed by atoms with E-state index in [0.717, 1.165) is 27.4 Å². The van der Waals surface area contributed by atoms with Gasteiger partial charge in [-0.3, -0.25) is 0 Å². The minimum Gasteiger partial charge on any atom is -0.491 e. The maximum atomic E-state index is 10.0. The summed E-state index contributed by atoms with van der Waals surface area (Å²) in [5.74, 6) is 0.729. The monoisotopic (exact) mass is 383 g/mol. The number of aliphatic hydroxyl groups excluding tert-OH is 1. The van der Waals surface area contributed by atoms with Gasteiger partial charge in [-0.1, -0.05) is 34.8 Å². The van der Waals surface area contributed by atoms with Gasteiger partial charge in [-0.2, -0.15) is 0 Å². The minimum atomic E-state index is -0.556. The Labute approximate surface area is 164 Å². The van der Waals surface area contributed by atoms with Crippen molar-refractivity contribution >= 4 is 11.5 Å². The van der Waals surface area contributed by atoms with Crippen LogP contribution in [0.3, 0.4) is 0 Å². The number of hydrogen-bond donors (Lipinski definition) is 2. The summed E-state index contributed by atoms with van der Waals surface area (Å²) < 4.78 is 9.82. The molecule has 0 aliphatic rings. The quantitative estimate of drug-likeness (QED) is 0.645. The van der Waals surface area contributed by atoms with Gasteiger partial charge >= 0.3 is 0 Å². The normalized spacial score (nSPS) is 12.7. The first kappa shape index (κ1) is 19.5. The first-order valence-electron chi connectivity index (χ1n) is 8.96. The molecule has 0 fully saturated rings. The van der Waals surface area contributed by atoms with Crippen LogP contribution in [0, 0.1) is 0 Å². The van der Waals surface area contributed by atoms with E-state index in [1.165, 1.54) is 11.5 Å². The lowest BCUT2D eigenvalue weighted by atomic mass is 10.1. The molecule has 0 radical (unpaired) electrons. The van der Waals surface area contributed by atoms with Crippen molar-refractivity contribution in [2.24, 2.45) is 0 Å². The standard InChI is InChI=1S/C21H25N3O2S/c1-21(2,3)22-13-17(25)14-26-18-11-9-16(10-12-18)20-19(23-24-27-20)15-7-5-4-6-8-15/h4-12,17,22,25H,13-14H2,1-3H3. The van der Waals surface area contributed by atoms with Crippen LogP contribution in [-0.4, -0.2) is 39.5 Å². The van der Waals surface area contributed by atoms with Gasteiger partial charge in [0.2, 0.25) is 0 Å². The second-order valence-electron chi connectivity index (χ2n) is 7.44. The molecule has 1 aromatic heterocycles. The molecule has 0 saturated heterocycles. The van der Waals surface area contributed by atoms with Crippen molar-refractivity contribution in [1.82, 2.24) is 14.9 Å². The molecule has 0 aliphatic heterocycles. The SMILES string of the molecule is CC(C)(C)NCC(O)COc1ccc(-c2snnc2-c2ccccc2)cc1. The first-order valence-corrected chi connectivity index (χ1v) is 9.74. The minimum absolute atomic E-state index is 0.0259. The van der Waals surface area contributed by atoms with Gasteiger partial charge in [0.15, 0.2) is 0 Å². The van der Waals surface area contributed by atoms with Crippen molar-refractivity contribution in [2.75, 3.05) is 13.2 Å². The fraction of sp³-hybridized carbons (Fsp3) is 0.333. The van der Waals surface area contributed by atoms with Gasteiger partial charge < -0.3 is 15.2 Å². The predicted molar refractivity (Wildman–Crippen MR) is 110 cm³/mol. The third-order valence-electron chi connectivity index (χ3n) is 3.96. The highest BCUT2D eigenvalue weighted by Gasteiger charge is 2.14. The average Bonchev–Trinajstić information content (AvgIpc) is 3.15. The number of β-amino-alcohol motifs (C(OH)–C–C–N with tert-alkyl or cyclic N) is 1. The maximum Gasteiger partial charge on any atom is 0.119 e. The molecule has 5 nitrogen and oxygen atoms in total. The largest absolute Gasteiger partial charge is 0.491 e. The molecule has 3 aromatic rings. The van der Waals surface area contributed by atoms with E-state index in [1.807, 2.05) is 54.6 Å². The second kappa shape index (κ2) is 8.61. The van der Waals surface area contributed by atoms with Crippen LogP contribution in [0.5, 0.6) is 5.75 Å². The molecule has 27 heavy (non-hydrogen) atoms. The number of aromatic nitrogens is 2. The summed E-state index contributed by atoms with van der Waals surface area (Å²) in [6.07, 6.45) is -0.556. The number of nitrogens with zero attached hydrogens (tertiary/aromatic N) is 2. The predicted octanol–water partition coefficient (Wildman–Crippen LogP) is 4.00. The molecular formula is C21H25N3O2S. The van der Waals surface area contributed by atoms with E-state index in [0.29, 0.717) is 6.54 Å². The topological polar surface area (TPSA) is 67.3 Å². The number of nitrogens with one attached hydrogen (secondary N) is 1. The van der Waals surface area contributed by atoms with Crippen molar-refractivity contribution in [3.8, 4) is 27.4 Å². The van der Waals surface area contributed by atoms with Gasteiger partial charge in [-0.25, -0.2) is 0 Å². The molecule has 1 unspecified atom stereocenters. The highest BCUT2D eigenvalue weighted by molar-refractivity contribution is 7.09. The van der Waals surface area contributed by atoms with E-state index in [4.69, 9.17) is 4.74 Å². The Morgan fingerprint density at radius 3 is 2.41 bits per heavy atom. The van der Waals surface area contributed by atoms with Crippen molar-refractivity contribution in [1.29, 1.82) is 0 Å². The molecule has 0 saturated carbocycles. The van der Waals surface area contributed by atoms with Crippen molar-refractivity contribution in [3.63, 3.8) is 0 Å². The Bertz CT molecular complexity index is 842. The summed E-state index contributed by atoms with van der Waals surface area (Å²) in [6.45, 7) is 6.94. The van der Waals surface area contributed by atoms with Crippen LogP contribution in [-0.2, 0) is 0 Å². The van der Waals surface area contributed by atoms with Crippen molar-refractivity contribution in [3.05, 3.63) is 54.6 Å². The second-order valence-corrected chi connectivity index (χ2v) is 8.19. The van der Waals surface area contributed by atoms with Crippen molar-refractivity contribution in [2.45, 2.75) is 32.4 Å². The summed E-state index contributed by atoms with van der Waals surface area (Å²) >= 11 is 1.38. The van der Waals surface area contributed by atoms with Crippen molar-refractivity contribution < 1.29 is 9.84 Å². The summed E-state index contributed by atoms with van der Waals surface area (Å²) in [5.41, 5.74) is 2.96. The molecule has 3 rings (SSSR count). The van der Waals surface area contributed by atoms with Gasteiger partial charge in [-0.05, 0) is 62.1 Å². The Kier molecular flexibility index (Phi) is 6.21. The molecule has 0 aliphatic carbocycles. The smallest absolute Gasteiger partial charge is 0.119 e. The Morgan fingerprint density at radius 1 is 1.04 bits per heavy atom. The molecule has 2 N–H and O–H groups in total. The van der Waals surface area contributed by atoms with E-state index >= 15 is 0 Å². The zero-order valence-corrected chi connectivity index (χ0v) is 16.7. The van der Waals surface area contributed by atoms with Crippen LogP contribution in [0.4, 0.5) is 0 Å². The van der Waals surface area contributed by atoms with Gasteiger partial charge in [0, 0.05) is 17.6 Å². The molecule has 1 heterocycles. The van der Waals surface area contributed by atoms with Gasteiger partial charge in [0.05, 0.1) is 4.88 Å². The third-order valence-corrected chi connectivity index (χ3v) is 4.74. The Morgan fingerprint density at radius 2 is 1.74 bits per heavy atom. The van der Waals surface area contributed by atoms with Crippen LogP contribution in [0.1, 0.15) is 20.8 Å². The van der Waals surface area contributed by atoms with E-state index in [1.54, 1.807) is 0 Å². The number of rotatable bonds is 7. The number of hydrogen-bond acceptors (Lipinski definition) is 6. The van der Waals surface area contributed by atoms with E-state index in [2.05, 4.69) is 35.7 Å². The lowest BCUT2D eigenvalue weighted by Crippen LogP contribution is -2.42. The molecule has 2 aromatic carbocycles. The number of ether oxygens (including phenoxy) is 1. The van der Waals surface area contributed by atoms with Crippen LogP contribution >= 0.6 is 11.5 Å². The average molecular weight is 384 g/mol. The lowest BCUT2D eigenvalue weighted by molar-refractivity contribution is 0.100. The van der Waals surface area contributed by atoms with Crippen LogP contribution in [0.25, 0.3) is 21.7 Å². The van der Waals surface area contributed by atoms with Crippen LogP contribution < -0.4 is 10.1 Å². The zero-order chi connectivity index (χ0) is 19.3. The Hall–Kier alpha value is -2.28. The maximum absolute atomic E-state index is 10.0. The van der Waals surface area contributed by atoms with Crippen LogP contribution in [0.2, 0.25) is 0 Å². The zero-order valence-electron chi connectivity index (χ0n) is 15.8. The van der Waals surface area contributed by atoms with Gasteiger partial charge in [0.1, 0.15) is 24.2 Å². The summed E-state index contributed by atoms with van der Waals surface area (Å²) in [4.78, 5) is 1.03. The fourth-order valence-corrected chi connectivity index (χ4v) is 3.23. The molecule has 142 valence electrons. The summed E-state index contributed by atoms with van der Waals surface area (Å²) in [6, 6.07) is 17.9. The molecule has 1 atom stereocenters. The number of aliphatic hydroxyl groups is 1. The Balaban J connectivity index is 1.63. The fourth-order valence-electron chi connectivity index (χ4n) is 2.54. The molecule has 6 heteroatoms. The summed E-state index contributed by atoms with van der Waals surface area (Å²) in [5, 5.41) is 17.6. The molecule has 0 spiro atoms. The number of benzene rings is 2.